The van der Waals surface area contributed by atoms with Crippen LogP contribution in [0.25, 0.3) is 10.6 Å². The predicted octanol–water partition coefficient (Wildman–Crippen LogP) is 4.95. The molecular weight excluding hydrogens is 371 g/mol. The SMILES string of the molecule is CCC(Br)c1nnc(-c2cc(F)cc(Br)c2)s1. The predicted molar refractivity (Wildman–Crippen MR) is 75.0 cm³/mol. The lowest BCUT2D eigenvalue weighted by Crippen LogP contribution is -1.85. The monoisotopic (exact) mass is 378 g/mol. The highest BCUT2D eigenvalue weighted by molar-refractivity contribution is 9.10. The first-order valence-electron chi connectivity index (χ1n) is 5.04. The molecule has 0 saturated carbocycles. The summed E-state index contributed by atoms with van der Waals surface area (Å²) in [6.45, 7) is 2.07. The number of rotatable bonds is 3. The zero-order chi connectivity index (χ0) is 12.4. The Labute approximate surface area is 120 Å². The van der Waals surface area contributed by atoms with Crippen LogP contribution >= 0.6 is 43.2 Å². The van der Waals surface area contributed by atoms with Gasteiger partial charge in [-0.05, 0) is 24.6 Å². The van der Waals surface area contributed by atoms with Gasteiger partial charge < -0.3 is 0 Å². The third kappa shape index (κ3) is 3.11. The molecule has 1 aromatic heterocycles. The normalized spacial score (nSPS) is 12.7. The standard InChI is InChI=1S/C11H9Br2FN2S/c1-2-9(13)11-16-15-10(17-11)6-3-7(12)5-8(14)4-6/h3-5,9H,2H2,1H3. The third-order valence-corrected chi connectivity index (χ3v) is 5.10. The number of hydrogen-bond donors (Lipinski definition) is 0. The molecule has 1 aromatic carbocycles. The third-order valence-electron chi connectivity index (χ3n) is 2.18. The van der Waals surface area contributed by atoms with E-state index in [1.54, 1.807) is 0 Å². The van der Waals surface area contributed by atoms with Crippen molar-refractivity contribution in [3.63, 3.8) is 0 Å². The Morgan fingerprint density at radius 2 is 2.12 bits per heavy atom. The second-order valence-corrected chi connectivity index (χ2v) is 6.51. The minimum atomic E-state index is -0.281. The zero-order valence-electron chi connectivity index (χ0n) is 8.95. The molecule has 90 valence electrons. The van der Waals surface area contributed by atoms with Gasteiger partial charge in [0, 0.05) is 10.0 Å². The van der Waals surface area contributed by atoms with E-state index in [0.717, 1.165) is 22.0 Å². The van der Waals surface area contributed by atoms with Gasteiger partial charge in [0.25, 0.3) is 0 Å². The van der Waals surface area contributed by atoms with Crippen LogP contribution in [0.1, 0.15) is 23.2 Å². The van der Waals surface area contributed by atoms with Gasteiger partial charge >= 0.3 is 0 Å². The van der Waals surface area contributed by atoms with Gasteiger partial charge in [-0.25, -0.2) is 4.39 Å². The van der Waals surface area contributed by atoms with Crippen molar-refractivity contribution in [3.8, 4) is 10.6 Å². The highest BCUT2D eigenvalue weighted by atomic mass is 79.9. The molecule has 0 aliphatic rings. The molecule has 0 radical (unpaired) electrons. The van der Waals surface area contributed by atoms with Crippen LogP contribution in [0, 0.1) is 5.82 Å². The summed E-state index contributed by atoms with van der Waals surface area (Å²) in [5.74, 6) is -0.281. The fourth-order valence-electron chi connectivity index (χ4n) is 1.33. The average molecular weight is 380 g/mol. The molecule has 0 bridgehead atoms. The molecule has 6 heteroatoms. The molecule has 2 aromatic rings. The first kappa shape index (κ1) is 13.1. The van der Waals surface area contributed by atoms with Gasteiger partial charge in [-0.15, -0.1) is 10.2 Å². The van der Waals surface area contributed by atoms with E-state index < -0.39 is 0 Å². The van der Waals surface area contributed by atoms with E-state index in [1.165, 1.54) is 23.5 Å². The summed E-state index contributed by atoms with van der Waals surface area (Å²) in [6.07, 6.45) is 0.946. The molecule has 1 atom stereocenters. The Kier molecular flexibility index (Phi) is 4.27. The number of halogens is 3. The molecular formula is C11H9Br2FN2S. The van der Waals surface area contributed by atoms with Gasteiger partial charge in [0.15, 0.2) is 0 Å². The van der Waals surface area contributed by atoms with Crippen molar-refractivity contribution in [2.75, 3.05) is 0 Å². The second-order valence-electron chi connectivity index (χ2n) is 3.48. The van der Waals surface area contributed by atoms with Crippen molar-refractivity contribution in [1.29, 1.82) is 0 Å². The maximum atomic E-state index is 13.3. The van der Waals surface area contributed by atoms with Crippen LogP contribution in [0.4, 0.5) is 4.39 Å². The number of alkyl halides is 1. The van der Waals surface area contributed by atoms with Crippen molar-refractivity contribution in [1.82, 2.24) is 10.2 Å². The van der Waals surface area contributed by atoms with Gasteiger partial charge in [-0.1, -0.05) is 50.1 Å². The number of aromatic nitrogens is 2. The van der Waals surface area contributed by atoms with E-state index in [4.69, 9.17) is 0 Å². The molecule has 2 rings (SSSR count). The van der Waals surface area contributed by atoms with Crippen LogP contribution in [0.15, 0.2) is 22.7 Å². The maximum Gasteiger partial charge on any atom is 0.147 e. The van der Waals surface area contributed by atoms with E-state index in [2.05, 4.69) is 49.0 Å². The summed E-state index contributed by atoms with van der Waals surface area (Å²) in [6, 6.07) is 4.72. The highest BCUT2D eigenvalue weighted by Crippen LogP contribution is 2.33. The van der Waals surface area contributed by atoms with Gasteiger partial charge in [-0.2, -0.15) is 0 Å². The summed E-state index contributed by atoms with van der Waals surface area (Å²) in [7, 11) is 0. The number of hydrogen-bond acceptors (Lipinski definition) is 3. The van der Waals surface area contributed by atoms with Crippen LogP contribution < -0.4 is 0 Å². The quantitative estimate of drug-likeness (QED) is 0.705. The van der Waals surface area contributed by atoms with Crippen molar-refractivity contribution >= 4 is 43.2 Å². The number of benzene rings is 1. The van der Waals surface area contributed by atoms with E-state index in [9.17, 15) is 4.39 Å². The highest BCUT2D eigenvalue weighted by Gasteiger charge is 2.13. The molecule has 0 saturated heterocycles. The van der Waals surface area contributed by atoms with Gasteiger partial charge in [0.1, 0.15) is 15.8 Å². The lowest BCUT2D eigenvalue weighted by molar-refractivity contribution is 0.627. The molecule has 17 heavy (non-hydrogen) atoms. The fraction of sp³-hybridized carbons (Fsp3) is 0.273. The van der Waals surface area contributed by atoms with E-state index in [-0.39, 0.29) is 10.6 Å². The molecule has 2 nitrogen and oxygen atoms in total. The van der Waals surface area contributed by atoms with E-state index in [0.29, 0.717) is 4.47 Å². The maximum absolute atomic E-state index is 13.3. The summed E-state index contributed by atoms with van der Waals surface area (Å²) < 4.78 is 14.0. The van der Waals surface area contributed by atoms with Crippen LogP contribution in [0.3, 0.4) is 0 Å². The molecule has 0 amide bonds. The molecule has 0 spiro atoms. The molecule has 1 heterocycles. The second kappa shape index (κ2) is 5.54. The van der Waals surface area contributed by atoms with Crippen LogP contribution in [-0.2, 0) is 0 Å². The van der Waals surface area contributed by atoms with Crippen molar-refractivity contribution in [2.45, 2.75) is 18.2 Å². The molecule has 0 N–H and O–H groups in total. The molecule has 1 unspecified atom stereocenters. The molecule has 0 aliphatic carbocycles. The smallest absolute Gasteiger partial charge is 0.147 e. The molecule has 0 fully saturated rings. The Morgan fingerprint density at radius 3 is 2.76 bits per heavy atom. The molecule has 0 aliphatic heterocycles. The lowest BCUT2D eigenvalue weighted by atomic mass is 10.2. The van der Waals surface area contributed by atoms with Crippen molar-refractivity contribution < 1.29 is 4.39 Å². The van der Waals surface area contributed by atoms with Gasteiger partial charge in [0.05, 0.1) is 4.83 Å². The summed E-state index contributed by atoms with van der Waals surface area (Å²) in [4.78, 5) is 0.214. The minimum Gasteiger partial charge on any atom is -0.207 e. The Bertz CT molecular complexity index is 510. The first-order valence-corrected chi connectivity index (χ1v) is 7.56. The fourth-order valence-corrected chi connectivity index (χ4v) is 3.06. The average Bonchev–Trinajstić information content (AvgIpc) is 2.76. The minimum absolute atomic E-state index is 0.214. The zero-order valence-corrected chi connectivity index (χ0v) is 12.9. The Hall–Kier alpha value is -0.330. The van der Waals surface area contributed by atoms with Crippen LogP contribution in [-0.4, -0.2) is 10.2 Å². The largest absolute Gasteiger partial charge is 0.207 e. The summed E-state index contributed by atoms with van der Waals surface area (Å²) in [5, 5.41) is 9.85. The summed E-state index contributed by atoms with van der Waals surface area (Å²) >= 11 is 8.27. The first-order chi connectivity index (χ1) is 8.10. The topological polar surface area (TPSA) is 25.8 Å². The van der Waals surface area contributed by atoms with Crippen molar-refractivity contribution in [3.05, 3.63) is 33.5 Å². The Morgan fingerprint density at radius 1 is 1.35 bits per heavy atom. The van der Waals surface area contributed by atoms with E-state index >= 15 is 0 Å². The lowest BCUT2D eigenvalue weighted by Gasteiger charge is -1.99. The van der Waals surface area contributed by atoms with E-state index in [1.807, 2.05) is 6.07 Å². The number of nitrogens with zero attached hydrogens (tertiary/aromatic N) is 2. The van der Waals surface area contributed by atoms with Crippen LogP contribution in [0.5, 0.6) is 0 Å². The van der Waals surface area contributed by atoms with Crippen LogP contribution in [0.2, 0.25) is 0 Å². The van der Waals surface area contributed by atoms with Crippen molar-refractivity contribution in [2.24, 2.45) is 0 Å². The van der Waals surface area contributed by atoms with Gasteiger partial charge in [0.2, 0.25) is 0 Å². The Balaban J connectivity index is 2.36. The summed E-state index contributed by atoms with van der Waals surface area (Å²) in [5.41, 5.74) is 0.747. The van der Waals surface area contributed by atoms with Gasteiger partial charge in [-0.3, -0.25) is 0 Å².